The molecule has 4 rings (SSSR count). The maximum absolute atomic E-state index is 4.51. The van der Waals surface area contributed by atoms with E-state index >= 15 is 0 Å². The quantitative estimate of drug-likeness (QED) is 0.407. The maximum atomic E-state index is 4.51. The molecule has 0 aliphatic carbocycles. The van der Waals surface area contributed by atoms with Crippen LogP contribution in [0.1, 0.15) is 26.2 Å². The van der Waals surface area contributed by atoms with Crippen molar-refractivity contribution in [3.05, 3.63) is 103 Å². The Bertz CT molecular complexity index is 864. The van der Waals surface area contributed by atoms with E-state index in [1.807, 2.05) is 0 Å². The first-order chi connectivity index (χ1) is 14.1. The van der Waals surface area contributed by atoms with Gasteiger partial charge in [0.1, 0.15) is 0 Å². The average Bonchev–Trinajstić information content (AvgIpc) is 2.81. The van der Waals surface area contributed by atoms with E-state index in [4.69, 9.17) is 0 Å². The molecule has 0 saturated carbocycles. The molecule has 3 aromatic rings. The summed E-state index contributed by atoms with van der Waals surface area (Å²) in [6, 6.07) is 33.0. The third kappa shape index (κ3) is 3.69. The molecule has 0 spiro atoms. The van der Waals surface area contributed by atoms with Crippen LogP contribution in [0.5, 0.6) is 0 Å². The molecule has 1 heterocycles. The SMILES string of the molecule is CC(=CP(Br)(c1ccccc1)(c1ccccc1)c1ccccc1)N1CCCCC1. The van der Waals surface area contributed by atoms with Crippen molar-refractivity contribution in [2.45, 2.75) is 26.2 Å². The molecule has 0 bridgehead atoms. The monoisotopic (exact) mass is 465 g/mol. The van der Waals surface area contributed by atoms with Gasteiger partial charge in [0.2, 0.25) is 0 Å². The summed E-state index contributed by atoms with van der Waals surface area (Å²) in [5.74, 6) is 2.57. The minimum atomic E-state index is -2.98. The molecule has 1 nitrogen and oxygen atoms in total. The van der Waals surface area contributed by atoms with Crippen LogP contribution >= 0.6 is 20.8 Å². The summed E-state index contributed by atoms with van der Waals surface area (Å²) in [4.78, 5) is 2.57. The summed E-state index contributed by atoms with van der Waals surface area (Å²) in [5, 5.41) is 1.04. The normalized spacial score (nSPS) is 16.8. The molecule has 0 atom stereocenters. The molecule has 150 valence electrons. The summed E-state index contributed by atoms with van der Waals surface area (Å²) in [6.07, 6.45) is 3.91. The van der Waals surface area contributed by atoms with Crippen molar-refractivity contribution in [2.24, 2.45) is 0 Å². The van der Waals surface area contributed by atoms with Crippen LogP contribution in [0, 0.1) is 0 Å². The molecule has 0 N–H and O–H groups in total. The summed E-state index contributed by atoms with van der Waals surface area (Å²) in [6.45, 7) is 4.60. The van der Waals surface area contributed by atoms with Crippen LogP contribution in [-0.2, 0) is 0 Å². The van der Waals surface area contributed by atoms with Gasteiger partial charge in [0.25, 0.3) is 0 Å². The van der Waals surface area contributed by atoms with Crippen LogP contribution in [-0.4, -0.2) is 18.0 Å². The Hall–Kier alpha value is -1.89. The van der Waals surface area contributed by atoms with E-state index in [2.05, 4.69) is 124 Å². The second-order valence-corrected chi connectivity index (χ2v) is 16.3. The number of hydrogen-bond donors (Lipinski definition) is 0. The van der Waals surface area contributed by atoms with Crippen LogP contribution in [0.4, 0.5) is 0 Å². The Balaban J connectivity index is 2.04. The van der Waals surface area contributed by atoms with Gasteiger partial charge in [0.05, 0.1) is 0 Å². The molecule has 0 aromatic heterocycles. The zero-order valence-corrected chi connectivity index (χ0v) is 19.5. The Kier molecular flexibility index (Phi) is 5.95. The molecule has 3 aromatic carbocycles. The van der Waals surface area contributed by atoms with Gasteiger partial charge in [-0.05, 0) is 0 Å². The first-order valence-corrected chi connectivity index (χ1v) is 14.8. The van der Waals surface area contributed by atoms with Crippen LogP contribution < -0.4 is 15.9 Å². The van der Waals surface area contributed by atoms with Gasteiger partial charge in [-0.25, -0.2) is 0 Å². The Labute approximate surface area is 183 Å². The molecule has 3 heteroatoms. The van der Waals surface area contributed by atoms with Gasteiger partial charge in [-0.15, -0.1) is 0 Å². The second-order valence-electron chi connectivity index (χ2n) is 7.90. The van der Waals surface area contributed by atoms with Gasteiger partial charge in [0.15, 0.2) is 0 Å². The number of halogens is 1. The van der Waals surface area contributed by atoms with E-state index in [0.717, 1.165) is 13.1 Å². The van der Waals surface area contributed by atoms with Crippen molar-refractivity contribution in [3.63, 3.8) is 0 Å². The summed E-state index contributed by atoms with van der Waals surface area (Å²) >= 11 is 4.51. The molecular formula is C26H29BrNP. The van der Waals surface area contributed by atoms with Crippen molar-refractivity contribution >= 4 is 36.7 Å². The Morgan fingerprint density at radius 1 is 0.690 bits per heavy atom. The summed E-state index contributed by atoms with van der Waals surface area (Å²) in [7, 11) is 0. The number of likely N-dealkylation sites (tertiary alicyclic amines) is 1. The standard InChI is InChI=1S/C26H29BrNP/c1-23(28-20-12-5-13-21-28)22-29(27,24-14-6-2-7-15-24,25-16-8-3-9-17-25)26-18-10-4-11-19-26/h2-4,6-11,14-19,22H,5,12-13,20-21H2,1H3. The molecular weight excluding hydrogens is 437 g/mol. The average molecular weight is 466 g/mol. The van der Waals surface area contributed by atoms with E-state index in [9.17, 15) is 0 Å². The van der Waals surface area contributed by atoms with Gasteiger partial charge in [-0.3, -0.25) is 0 Å². The van der Waals surface area contributed by atoms with Crippen molar-refractivity contribution in [1.82, 2.24) is 4.90 Å². The molecule has 0 unspecified atom stereocenters. The molecule has 0 amide bonds. The zero-order valence-electron chi connectivity index (χ0n) is 17.0. The fourth-order valence-electron chi connectivity index (χ4n) is 4.51. The van der Waals surface area contributed by atoms with E-state index in [-0.39, 0.29) is 0 Å². The van der Waals surface area contributed by atoms with Crippen LogP contribution in [0.25, 0.3) is 0 Å². The molecule has 1 saturated heterocycles. The first-order valence-electron chi connectivity index (χ1n) is 10.5. The van der Waals surface area contributed by atoms with Crippen LogP contribution in [0.3, 0.4) is 0 Å². The van der Waals surface area contributed by atoms with Crippen molar-refractivity contribution in [3.8, 4) is 0 Å². The Morgan fingerprint density at radius 2 is 1.07 bits per heavy atom. The van der Waals surface area contributed by atoms with E-state index in [0.29, 0.717) is 0 Å². The second kappa shape index (κ2) is 8.46. The summed E-state index contributed by atoms with van der Waals surface area (Å²) in [5.41, 5.74) is 1.37. The molecule has 29 heavy (non-hydrogen) atoms. The number of hydrogen-bond acceptors (Lipinski definition) is 1. The number of rotatable bonds is 5. The summed E-state index contributed by atoms with van der Waals surface area (Å²) < 4.78 is 0. The third-order valence-corrected chi connectivity index (χ3v) is 15.1. The van der Waals surface area contributed by atoms with E-state index in [1.165, 1.54) is 40.9 Å². The third-order valence-electron chi connectivity index (χ3n) is 6.07. The van der Waals surface area contributed by atoms with Crippen molar-refractivity contribution < 1.29 is 0 Å². The van der Waals surface area contributed by atoms with E-state index in [1.54, 1.807) is 0 Å². The van der Waals surface area contributed by atoms with Gasteiger partial charge in [-0.1, -0.05) is 0 Å². The number of nitrogens with zero attached hydrogens (tertiary/aromatic N) is 1. The molecule has 1 fully saturated rings. The van der Waals surface area contributed by atoms with Gasteiger partial charge in [-0.2, -0.15) is 0 Å². The Morgan fingerprint density at radius 3 is 1.45 bits per heavy atom. The fourth-order valence-corrected chi connectivity index (χ4v) is 12.0. The zero-order chi connectivity index (χ0) is 20.2. The predicted molar refractivity (Wildman–Crippen MR) is 133 cm³/mol. The molecule has 1 aliphatic heterocycles. The van der Waals surface area contributed by atoms with Crippen molar-refractivity contribution in [1.29, 1.82) is 0 Å². The predicted octanol–water partition coefficient (Wildman–Crippen LogP) is 6.17. The first kappa shape index (κ1) is 20.4. The molecule has 0 radical (unpaired) electrons. The van der Waals surface area contributed by atoms with Gasteiger partial charge in [0, 0.05) is 0 Å². The minimum absolute atomic E-state index is 1.15. The van der Waals surface area contributed by atoms with Gasteiger partial charge < -0.3 is 0 Å². The van der Waals surface area contributed by atoms with Gasteiger partial charge >= 0.3 is 183 Å². The molecule has 1 aliphatic rings. The number of benzene rings is 3. The topological polar surface area (TPSA) is 3.24 Å². The number of piperidine rings is 1. The fraction of sp³-hybridized carbons (Fsp3) is 0.231. The number of allylic oxidation sites excluding steroid dienone is 1. The van der Waals surface area contributed by atoms with Crippen LogP contribution in [0.15, 0.2) is 103 Å². The van der Waals surface area contributed by atoms with E-state index < -0.39 is 5.31 Å². The van der Waals surface area contributed by atoms with Crippen LogP contribution in [0.2, 0.25) is 0 Å². The van der Waals surface area contributed by atoms with Crippen molar-refractivity contribution in [2.75, 3.05) is 13.1 Å².